The zero-order valence-electron chi connectivity index (χ0n) is 11.8. The Morgan fingerprint density at radius 2 is 2.20 bits per heavy atom. The molecule has 3 heterocycles. The van der Waals surface area contributed by atoms with Crippen molar-refractivity contribution >= 4 is 23.6 Å². The molecule has 0 unspecified atom stereocenters. The lowest BCUT2D eigenvalue weighted by Gasteiger charge is -2.29. The molecular weight excluding hydrogens is 290 g/mol. The average Bonchev–Trinajstić information content (AvgIpc) is 3.01. The van der Waals surface area contributed by atoms with Gasteiger partial charge in [-0.1, -0.05) is 6.92 Å². The van der Waals surface area contributed by atoms with Gasteiger partial charge in [-0.2, -0.15) is 5.10 Å². The molecule has 2 aromatic rings. The summed E-state index contributed by atoms with van der Waals surface area (Å²) >= 11 is 6.85. The summed E-state index contributed by atoms with van der Waals surface area (Å²) in [7, 11) is 1.92. The molecule has 5 nitrogen and oxygen atoms in total. The molecule has 3 rings (SSSR count). The molecule has 108 valence electrons. The van der Waals surface area contributed by atoms with Crippen LogP contribution in [0.15, 0.2) is 6.20 Å². The molecule has 1 N–H and O–H groups in total. The summed E-state index contributed by atoms with van der Waals surface area (Å²) in [5.74, 6) is 1.73. The number of hydrogen-bond acceptors (Lipinski definition) is 5. The Labute approximate surface area is 127 Å². The number of aromatic nitrogens is 4. The molecule has 7 heteroatoms. The van der Waals surface area contributed by atoms with Crippen LogP contribution in [0.4, 0.5) is 0 Å². The second kappa shape index (κ2) is 5.75. The Kier molecular flexibility index (Phi) is 4.00. The van der Waals surface area contributed by atoms with E-state index in [0.29, 0.717) is 4.77 Å². The zero-order chi connectivity index (χ0) is 14.1. The minimum absolute atomic E-state index is 0.639. The largest absolute Gasteiger partial charge is 0.303 e. The van der Waals surface area contributed by atoms with Gasteiger partial charge in [0.15, 0.2) is 10.6 Å². The average molecular weight is 309 g/mol. The SMILES string of the molecule is CC1CCN(Cc2ncc(-c3n[nH]c(=S)n3C)s2)CC1. The number of rotatable bonds is 3. The van der Waals surface area contributed by atoms with Gasteiger partial charge in [-0.25, -0.2) is 4.98 Å². The van der Waals surface area contributed by atoms with E-state index in [4.69, 9.17) is 12.2 Å². The van der Waals surface area contributed by atoms with Crippen LogP contribution in [0.5, 0.6) is 0 Å². The third-order valence-electron chi connectivity index (χ3n) is 3.89. The molecule has 1 aliphatic rings. The summed E-state index contributed by atoms with van der Waals surface area (Å²) < 4.78 is 2.52. The molecule has 1 aliphatic heterocycles. The number of hydrogen-bond donors (Lipinski definition) is 1. The zero-order valence-corrected chi connectivity index (χ0v) is 13.4. The van der Waals surface area contributed by atoms with Crippen LogP contribution in [-0.4, -0.2) is 37.7 Å². The van der Waals surface area contributed by atoms with Gasteiger partial charge in [-0.05, 0) is 44.1 Å². The van der Waals surface area contributed by atoms with Crippen molar-refractivity contribution in [3.63, 3.8) is 0 Å². The maximum atomic E-state index is 5.14. The van der Waals surface area contributed by atoms with Crippen LogP contribution in [0, 0.1) is 10.7 Å². The van der Waals surface area contributed by atoms with Crippen LogP contribution < -0.4 is 0 Å². The highest BCUT2D eigenvalue weighted by Gasteiger charge is 2.17. The third kappa shape index (κ3) is 2.84. The molecule has 20 heavy (non-hydrogen) atoms. The predicted molar refractivity (Wildman–Crippen MR) is 83.2 cm³/mol. The highest BCUT2D eigenvalue weighted by Crippen LogP contribution is 2.26. The summed E-state index contributed by atoms with van der Waals surface area (Å²) in [5, 5.41) is 8.23. The second-order valence-electron chi connectivity index (χ2n) is 5.49. The Morgan fingerprint density at radius 3 is 2.85 bits per heavy atom. The van der Waals surface area contributed by atoms with Crippen LogP contribution in [0.2, 0.25) is 0 Å². The van der Waals surface area contributed by atoms with Crippen LogP contribution in [0.1, 0.15) is 24.8 Å². The Balaban J connectivity index is 1.71. The van der Waals surface area contributed by atoms with Crippen molar-refractivity contribution in [2.75, 3.05) is 13.1 Å². The molecule has 0 aromatic carbocycles. The highest BCUT2D eigenvalue weighted by atomic mass is 32.1. The minimum Gasteiger partial charge on any atom is -0.303 e. The maximum Gasteiger partial charge on any atom is 0.195 e. The van der Waals surface area contributed by atoms with Gasteiger partial charge in [0.2, 0.25) is 0 Å². The summed E-state index contributed by atoms with van der Waals surface area (Å²) in [6.45, 7) is 5.65. The highest BCUT2D eigenvalue weighted by molar-refractivity contribution is 7.71. The van der Waals surface area contributed by atoms with Crippen molar-refractivity contribution in [1.29, 1.82) is 0 Å². The van der Waals surface area contributed by atoms with E-state index in [-0.39, 0.29) is 0 Å². The molecule has 0 atom stereocenters. The summed E-state index contributed by atoms with van der Waals surface area (Å²) in [4.78, 5) is 8.09. The molecule has 0 bridgehead atoms. The van der Waals surface area contributed by atoms with Crippen molar-refractivity contribution in [3.05, 3.63) is 16.0 Å². The molecule has 0 amide bonds. The first-order valence-corrected chi connectivity index (χ1v) is 8.15. The van der Waals surface area contributed by atoms with Crippen molar-refractivity contribution in [2.45, 2.75) is 26.3 Å². The van der Waals surface area contributed by atoms with Crippen molar-refractivity contribution in [2.24, 2.45) is 13.0 Å². The monoisotopic (exact) mass is 309 g/mol. The fraction of sp³-hybridized carbons (Fsp3) is 0.615. The van der Waals surface area contributed by atoms with Gasteiger partial charge in [0.05, 0.1) is 11.4 Å². The summed E-state index contributed by atoms with van der Waals surface area (Å²) in [6, 6.07) is 0. The Bertz CT molecular complexity index is 633. The number of nitrogens with zero attached hydrogens (tertiary/aromatic N) is 4. The van der Waals surface area contributed by atoms with E-state index in [1.54, 1.807) is 11.3 Å². The van der Waals surface area contributed by atoms with E-state index < -0.39 is 0 Å². The van der Waals surface area contributed by atoms with Gasteiger partial charge in [-0.15, -0.1) is 11.3 Å². The minimum atomic E-state index is 0.639. The lowest BCUT2D eigenvalue weighted by Crippen LogP contribution is -2.32. The molecule has 1 saturated heterocycles. The van der Waals surface area contributed by atoms with E-state index in [2.05, 4.69) is 27.0 Å². The fourth-order valence-electron chi connectivity index (χ4n) is 2.47. The second-order valence-corrected chi connectivity index (χ2v) is 6.99. The van der Waals surface area contributed by atoms with E-state index in [9.17, 15) is 0 Å². The fourth-order valence-corrected chi connectivity index (χ4v) is 3.58. The maximum absolute atomic E-state index is 5.14. The van der Waals surface area contributed by atoms with E-state index in [0.717, 1.165) is 28.2 Å². The van der Waals surface area contributed by atoms with Crippen LogP contribution >= 0.6 is 23.6 Å². The van der Waals surface area contributed by atoms with Crippen molar-refractivity contribution in [1.82, 2.24) is 24.6 Å². The number of thiazole rings is 1. The van der Waals surface area contributed by atoms with Gasteiger partial charge in [0.1, 0.15) is 5.01 Å². The molecule has 0 aliphatic carbocycles. The van der Waals surface area contributed by atoms with Gasteiger partial charge in [0.25, 0.3) is 0 Å². The summed E-state index contributed by atoms with van der Waals surface area (Å²) in [5.41, 5.74) is 0. The number of H-pyrrole nitrogens is 1. The van der Waals surface area contributed by atoms with E-state index >= 15 is 0 Å². The smallest absolute Gasteiger partial charge is 0.195 e. The first-order valence-electron chi connectivity index (χ1n) is 6.92. The molecule has 0 radical (unpaired) electrons. The van der Waals surface area contributed by atoms with Gasteiger partial charge in [-0.3, -0.25) is 10.00 Å². The first-order chi connectivity index (χ1) is 9.63. The lowest BCUT2D eigenvalue weighted by atomic mass is 9.99. The lowest BCUT2D eigenvalue weighted by molar-refractivity contribution is 0.185. The van der Waals surface area contributed by atoms with E-state index in [1.807, 2.05) is 17.8 Å². The number of aromatic amines is 1. The van der Waals surface area contributed by atoms with Gasteiger partial charge in [0, 0.05) is 13.2 Å². The quantitative estimate of drug-likeness (QED) is 0.886. The Morgan fingerprint density at radius 1 is 1.45 bits per heavy atom. The predicted octanol–water partition coefficient (Wildman–Crippen LogP) is 2.83. The van der Waals surface area contributed by atoms with Crippen molar-refractivity contribution < 1.29 is 0 Å². The number of piperidine rings is 1. The van der Waals surface area contributed by atoms with Gasteiger partial charge < -0.3 is 4.57 Å². The number of nitrogens with one attached hydrogen (secondary N) is 1. The third-order valence-corrected chi connectivity index (χ3v) is 5.23. The van der Waals surface area contributed by atoms with Crippen LogP contribution in [0.25, 0.3) is 10.7 Å². The molecule has 2 aromatic heterocycles. The Hall–Kier alpha value is -1.05. The topological polar surface area (TPSA) is 49.7 Å². The van der Waals surface area contributed by atoms with Crippen LogP contribution in [0.3, 0.4) is 0 Å². The van der Waals surface area contributed by atoms with Crippen LogP contribution in [-0.2, 0) is 13.6 Å². The van der Waals surface area contributed by atoms with Gasteiger partial charge >= 0.3 is 0 Å². The molecule has 0 spiro atoms. The first kappa shape index (κ1) is 13.9. The summed E-state index contributed by atoms with van der Waals surface area (Å²) in [6.07, 6.45) is 4.50. The molecule has 0 saturated carbocycles. The normalized spacial score (nSPS) is 17.7. The molecular formula is C13H19N5S2. The standard InChI is InChI=1S/C13H19N5S2/c1-9-3-5-18(6-4-9)8-11-14-7-10(20-11)12-15-16-13(19)17(12)2/h7,9H,3-6,8H2,1-2H3,(H,16,19). The van der Waals surface area contributed by atoms with Crippen molar-refractivity contribution in [3.8, 4) is 10.7 Å². The van der Waals surface area contributed by atoms with E-state index in [1.165, 1.54) is 25.9 Å². The number of likely N-dealkylation sites (tertiary alicyclic amines) is 1. The molecule has 1 fully saturated rings.